The molecule has 0 aromatic heterocycles. The molecule has 1 amide bonds. The summed E-state index contributed by atoms with van der Waals surface area (Å²) in [6.45, 7) is 5.91. The van der Waals surface area contributed by atoms with Crippen LogP contribution in [0.4, 0.5) is 0 Å². The Labute approximate surface area is 137 Å². The van der Waals surface area contributed by atoms with Crippen LogP contribution in [0.3, 0.4) is 0 Å². The molecular formula is C19H23NO3. The van der Waals surface area contributed by atoms with Gasteiger partial charge < -0.3 is 14.4 Å². The first-order valence-corrected chi connectivity index (χ1v) is 7.90. The van der Waals surface area contributed by atoms with Crippen LogP contribution in [0.5, 0.6) is 11.5 Å². The Morgan fingerprint density at radius 3 is 2.00 bits per heavy atom. The maximum absolute atomic E-state index is 11.9. The smallest absolute Gasteiger partial charge is 0.260 e. The van der Waals surface area contributed by atoms with Gasteiger partial charge in [-0.1, -0.05) is 30.3 Å². The highest BCUT2D eigenvalue weighted by Crippen LogP contribution is 2.18. The summed E-state index contributed by atoms with van der Waals surface area (Å²) in [5.41, 5.74) is 1.12. The third-order valence-electron chi connectivity index (χ3n) is 3.55. The van der Waals surface area contributed by atoms with E-state index in [1.807, 2.05) is 68.4 Å². The Balaban J connectivity index is 1.81. The third kappa shape index (κ3) is 5.33. The van der Waals surface area contributed by atoms with E-state index in [-0.39, 0.29) is 12.5 Å². The van der Waals surface area contributed by atoms with E-state index in [4.69, 9.17) is 9.47 Å². The molecule has 23 heavy (non-hydrogen) atoms. The summed E-state index contributed by atoms with van der Waals surface area (Å²) in [6.07, 6.45) is 0. The number of benzene rings is 2. The summed E-state index contributed by atoms with van der Waals surface area (Å²) < 4.78 is 11.2. The zero-order valence-electron chi connectivity index (χ0n) is 13.7. The van der Waals surface area contributed by atoms with Crippen LogP contribution < -0.4 is 9.47 Å². The molecule has 0 heterocycles. The molecule has 0 N–H and O–H groups in total. The molecule has 122 valence electrons. The average molecular weight is 313 g/mol. The highest BCUT2D eigenvalue weighted by atomic mass is 16.5. The van der Waals surface area contributed by atoms with Gasteiger partial charge in [-0.3, -0.25) is 4.79 Å². The van der Waals surface area contributed by atoms with Crippen molar-refractivity contribution in [3.8, 4) is 11.5 Å². The first-order valence-electron chi connectivity index (χ1n) is 7.90. The van der Waals surface area contributed by atoms with Gasteiger partial charge in [-0.25, -0.2) is 0 Å². The van der Waals surface area contributed by atoms with Crippen LogP contribution in [0.25, 0.3) is 0 Å². The number of likely N-dealkylation sites (N-methyl/N-ethyl adjacent to an activating group) is 1. The minimum Gasteiger partial charge on any atom is -0.489 e. The van der Waals surface area contributed by atoms with Gasteiger partial charge in [0, 0.05) is 13.1 Å². The summed E-state index contributed by atoms with van der Waals surface area (Å²) in [4.78, 5) is 13.6. The lowest BCUT2D eigenvalue weighted by Gasteiger charge is -2.18. The first-order chi connectivity index (χ1) is 11.2. The van der Waals surface area contributed by atoms with Crippen LogP contribution in [0.2, 0.25) is 0 Å². The molecule has 0 fully saturated rings. The first kappa shape index (κ1) is 16.9. The fraction of sp³-hybridized carbons (Fsp3) is 0.316. The van der Waals surface area contributed by atoms with Crippen molar-refractivity contribution in [3.63, 3.8) is 0 Å². The van der Waals surface area contributed by atoms with Crippen molar-refractivity contribution in [1.82, 2.24) is 4.90 Å². The van der Waals surface area contributed by atoms with E-state index in [1.165, 1.54) is 0 Å². The van der Waals surface area contributed by atoms with Gasteiger partial charge in [0.25, 0.3) is 5.91 Å². The number of rotatable bonds is 8. The van der Waals surface area contributed by atoms with Gasteiger partial charge >= 0.3 is 0 Å². The van der Waals surface area contributed by atoms with Crippen molar-refractivity contribution < 1.29 is 14.3 Å². The molecule has 2 rings (SSSR count). The van der Waals surface area contributed by atoms with Crippen LogP contribution in [-0.2, 0) is 11.4 Å². The maximum Gasteiger partial charge on any atom is 0.260 e. The summed E-state index contributed by atoms with van der Waals surface area (Å²) >= 11 is 0. The van der Waals surface area contributed by atoms with Crippen molar-refractivity contribution in [3.05, 3.63) is 60.2 Å². The van der Waals surface area contributed by atoms with E-state index in [9.17, 15) is 4.79 Å². The van der Waals surface area contributed by atoms with Gasteiger partial charge in [0.1, 0.15) is 18.1 Å². The number of hydrogen-bond acceptors (Lipinski definition) is 3. The summed E-state index contributed by atoms with van der Waals surface area (Å²) in [5, 5.41) is 0. The lowest BCUT2D eigenvalue weighted by Crippen LogP contribution is -2.34. The van der Waals surface area contributed by atoms with Crippen LogP contribution in [0.15, 0.2) is 54.6 Å². The van der Waals surface area contributed by atoms with Crippen molar-refractivity contribution in [2.24, 2.45) is 0 Å². The molecule has 4 nitrogen and oxygen atoms in total. The molecule has 0 saturated heterocycles. The monoisotopic (exact) mass is 313 g/mol. The third-order valence-corrected chi connectivity index (χ3v) is 3.55. The summed E-state index contributed by atoms with van der Waals surface area (Å²) in [7, 11) is 0. The van der Waals surface area contributed by atoms with Crippen LogP contribution in [0.1, 0.15) is 19.4 Å². The summed E-state index contributed by atoms with van der Waals surface area (Å²) in [6, 6.07) is 17.3. The topological polar surface area (TPSA) is 38.8 Å². The van der Waals surface area contributed by atoms with Crippen molar-refractivity contribution in [2.75, 3.05) is 19.7 Å². The minimum atomic E-state index is -0.000552. The van der Waals surface area contributed by atoms with E-state index >= 15 is 0 Å². The molecule has 0 unspecified atom stereocenters. The van der Waals surface area contributed by atoms with Crippen molar-refractivity contribution in [2.45, 2.75) is 20.5 Å². The quantitative estimate of drug-likeness (QED) is 0.748. The number of carbonyl (C=O) groups excluding carboxylic acids is 1. The van der Waals surface area contributed by atoms with E-state index in [0.717, 1.165) is 11.3 Å². The Hall–Kier alpha value is -2.49. The second kappa shape index (κ2) is 8.83. The average Bonchev–Trinajstić information content (AvgIpc) is 2.61. The molecule has 0 aliphatic heterocycles. The van der Waals surface area contributed by atoms with Gasteiger partial charge in [-0.05, 0) is 43.7 Å². The van der Waals surface area contributed by atoms with Crippen molar-refractivity contribution >= 4 is 5.91 Å². The molecule has 0 bridgehead atoms. The standard InChI is InChI=1S/C19H23NO3/c1-3-20(4-2)19(21)15-23-18-12-10-17(11-13-18)22-14-16-8-6-5-7-9-16/h5-13H,3-4,14-15H2,1-2H3. The molecule has 0 spiro atoms. The predicted molar refractivity (Wildman–Crippen MR) is 90.6 cm³/mol. The largest absolute Gasteiger partial charge is 0.489 e. The molecular weight excluding hydrogens is 290 g/mol. The number of carbonyl (C=O) groups is 1. The van der Waals surface area contributed by atoms with E-state index in [2.05, 4.69) is 0 Å². The number of amides is 1. The second-order valence-electron chi connectivity index (χ2n) is 5.10. The van der Waals surface area contributed by atoms with Crippen molar-refractivity contribution in [1.29, 1.82) is 0 Å². The van der Waals surface area contributed by atoms with Gasteiger partial charge in [-0.15, -0.1) is 0 Å². The summed E-state index contributed by atoms with van der Waals surface area (Å²) in [5.74, 6) is 1.44. The molecule has 0 saturated carbocycles. The van der Waals surface area contributed by atoms with Gasteiger partial charge in [0.15, 0.2) is 6.61 Å². The molecule has 0 aliphatic carbocycles. The molecule has 0 radical (unpaired) electrons. The maximum atomic E-state index is 11.9. The lowest BCUT2D eigenvalue weighted by atomic mass is 10.2. The lowest BCUT2D eigenvalue weighted by molar-refractivity contribution is -0.132. The fourth-order valence-electron chi connectivity index (χ4n) is 2.19. The molecule has 4 heteroatoms. The molecule has 2 aromatic carbocycles. The SMILES string of the molecule is CCN(CC)C(=O)COc1ccc(OCc2ccccc2)cc1. The second-order valence-corrected chi connectivity index (χ2v) is 5.10. The predicted octanol–water partition coefficient (Wildman–Crippen LogP) is 3.51. The van der Waals surface area contributed by atoms with Gasteiger partial charge in [0.05, 0.1) is 0 Å². The highest BCUT2D eigenvalue weighted by Gasteiger charge is 2.09. The fourth-order valence-corrected chi connectivity index (χ4v) is 2.19. The molecule has 0 atom stereocenters. The number of ether oxygens (including phenoxy) is 2. The molecule has 0 aliphatic rings. The minimum absolute atomic E-state index is 0.000552. The van der Waals surface area contributed by atoms with Gasteiger partial charge in [-0.2, -0.15) is 0 Å². The zero-order valence-corrected chi connectivity index (χ0v) is 13.7. The van der Waals surface area contributed by atoms with Crippen LogP contribution in [0, 0.1) is 0 Å². The van der Waals surface area contributed by atoms with Crippen LogP contribution >= 0.6 is 0 Å². The Kier molecular flexibility index (Phi) is 6.48. The number of nitrogens with zero attached hydrogens (tertiary/aromatic N) is 1. The number of hydrogen-bond donors (Lipinski definition) is 0. The Morgan fingerprint density at radius 2 is 1.43 bits per heavy atom. The Bertz CT molecular complexity index is 592. The Morgan fingerprint density at radius 1 is 0.870 bits per heavy atom. The van der Waals surface area contributed by atoms with Crippen LogP contribution in [-0.4, -0.2) is 30.5 Å². The van der Waals surface area contributed by atoms with E-state index in [1.54, 1.807) is 4.90 Å². The van der Waals surface area contributed by atoms with E-state index in [0.29, 0.717) is 25.4 Å². The normalized spacial score (nSPS) is 10.2. The molecule has 2 aromatic rings. The van der Waals surface area contributed by atoms with E-state index < -0.39 is 0 Å². The van der Waals surface area contributed by atoms with Gasteiger partial charge in [0.2, 0.25) is 0 Å². The highest BCUT2D eigenvalue weighted by molar-refractivity contribution is 5.77. The zero-order chi connectivity index (χ0) is 16.5.